The Morgan fingerprint density at radius 3 is 2.33 bits per heavy atom. The molecule has 0 saturated carbocycles. The fourth-order valence-electron chi connectivity index (χ4n) is 1.24. The molecule has 0 N–H and O–H groups in total. The van der Waals surface area contributed by atoms with Gasteiger partial charge in [0.05, 0.1) is 0 Å². The van der Waals surface area contributed by atoms with Gasteiger partial charge in [0.25, 0.3) is 0 Å². The summed E-state index contributed by atoms with van der Waals surface area (Å²) >= 11 is 0. The van der Waals surface area contributed by atoms with Crippen LogP contribution >= 0.6 is 0 Å². The third-order valence-corrected chi connectivity index (χ3v) is 2.20. The summed E-state index contributed by atoms with van der Waals surface area (Å²) in [5.41, 5.74) is 4.33. The van der Waals surface area contributed by atoms with Crippen LogP contribution in [0.3, 0.4) is 0 Å². The normalized spacial score (nSPS) is 20.9. The molecule has 0 amide bonds. The van der Waals surface area contributed by atoms with Gasteiger partial charge in [-0.05, 0) is 38.7 Å². The van der Waals surface area contributed by atoms with Crippen LogP contribution in [0, 0.1) is 0 Å². The third-order valence-electron chi connectivity index (χ3n) is 2.20. The largest absolute Gasteiger partial charge is 0.0956 e. The van der Waals surface area contributed by atoms with E-state index in [1.807, 2.05) is 0 Å². The quantitative estimate of drug-likeness (QED) is 0.463. The minimum atomic E-state index is 1.21. The molecule has 0 aromatic carbocycles. The number of rotatable bonds is 0. The minimum Gasteiger partial charge on any atom is -0.0956 e. The summed E-state index contributed by atoms with van der Waals surface area (Å²) in [6.07, 6.45) is 3.80. The predicted molar refractivity (Wildman–Crippen MR) is 41.4 cm³/mol. The smallest absolute Gasteiger partial charge is 0.0279 e. The van der Waals surface area contributed by atoms with E-state index in [1.165, 1.54) is 36.0 Å². The maximum absolute atomic E-state index is 3.99. The molecule has 0 unspecified atom stereocenters. The molecular weight excluding hydrogens is 108 g/mol. The SMILES string of the molecule is C=C1CCCC(C)=C1C. The van der Waals surface area contributed by atoms with E-state index in [9.17, 15) is 0 Å². The van der Waals surface area contributed by atoms with Crippen molar-refractivity contribution < 1.29 is 0 Å². The molecule has 0 heteroatoms. The van der Waals surface area contributed by atoms with Crippen molar-refractivity contribution in [3.05, 3.63) is 23.3 Å². The van der Waals surface area contributed by atoms with Crippen LogP contribution in [0.15, 0.2) is 23.3 Å². The standard InChI is InChI=1S/C9H14/c1-7-5-4-6-8(2)9(7)3/h1,4-6H2,2-3H3. The van der Waals surface area contributed by atoms with Crippen molar-refractivity contribution in [1.82, 2.24) is 0 Å². The topological polar surface area (TPSA) is 0 Å². The van der Waals surface area contributed by atoms with Gasteiger partial charge in [-0.25, -0.2) is 0 Å². The molecule has 0 fully saturated rings. The lowest BCUT2D eigenvalue weighted by Gasteiger charge is -2.16. The van der Waals surface area contributed by atoms with E-state index >= 15 is 0 Å². The van der Waals surface area contributed by atoms with Gasteiger partial charge in [0.2, 0.25) is 0 Å². The second-order valence-electron chi connectivity index (χ2n) is 2.86. The zero-order valence-electron chi connectivity index (χ0n) is 6.33. The monoisotopic (exact) mass is 122 g/mol. The van der Waals surface area contributed by atoms with Gasteiger partial charge in [-0.1, -0.05) is 17.7 Å². The number of hydrogen-bond donors (Lipinski definition) is 0. The van der Waals surface area contributed by atoms with Crippen LogP contribution in [-0.2, 0) is 0 Å². The molecule has 1 aliphatic carbocycles. The molecule has 1 rings (SSSR count). The van der Waals surface area contributed by atoms with Crippen LogP contribution in [0.25, 0.3) is 0 Å². The highest BCUT2D eigenvalue weighted by atomic mass is 14.1. The molecule has 0 bridgehead atoms. The van der Waals surface area contributed by atoms with Crippen LogP contribution in [-0.4, -0.2) is 0 Å². The van der Waals surface area contributed by atoms with Gasteiger partial charge in [0.1, 0.15) is 0 Å². The van der Waals surface area contributed by atoms with Crippen molar-refractivity contribution in [3.63, 3.8) is 0 Å². The average molecular weight is 122 g/mol. The first-order valence-electron chi connectivity index (χ1n) is 3.56. The van der Waals surface area contributed by atoms with Crippen LogP contribution in [0.2, 0.25) is 0 Å². The lowest BCUT2D eigenvalue weighted by atomic mass is 9.90. The molecule has 0 radical (unpaired) electrons. The Balaban J connectivity index is 2.84. The number of allylic oxidation sites excluding steroid dienone is 3. The molecule has 0 saturated heterocycles. The lowest BCUT2D eigenvalue weighted by Crippen LogP contribution is -1.96. The van der Waals surface area contributed by atoms with E-state index in [-0.39, 0.29) is 0 Å². The van der Waals surface area contributed by atoms with Crippen molar-refractivity contribution in [3.8, 4) is 0 Å². The zero-order valence-corrected chi connectivity index (χ0v) is 6.33. The van der Waals surface area contributed by atoms with Gasteiger partial charge in [-0.2, -0.15) is 0 Å². The van der Waals surface area contributed by atoms with Gasteiger partial charge >= 0.3 is 0 Å². The molecule has 9 heavy (non-hydrogen) atoms. The van der Waals surface area contributed by atoms with E-state index in [2.05, 4.69) is 20.4 Å². The maximum Gasteiger partial charge on any atom is -0.0279 e. The molecule has 50 valence electrons. The van der Waals surface area contributed by atoms with Crippen molar-refractivity contribution in [2.75, 3.05) is 0 Å². The zero-order chi connectivity index (χ0) is 6.85. The highest BCUT2D eigenvalue weighted by molar-refractivity contribution is 5.33. The average Bonchev–Trinajstić information content (AvgIpc) is 1.83. The minimum absolute atomic E-state index is 1.21. The summed E-state index contributed by atoms with van der Waals surface area (Å²) in [5.74, 6) is 0. The van der Waals surface area contributed by atoms with Gasteiger partial charge in [0, 0.05) is 0 Å². The maximum atomic E-state index is 3.99. The summed E-state index contributed by atoms with van der Waals surface area (Å²) in [6, 6.07) is 0. The first-order valence-corrected chi connectivity index (χ1v) is 3.56. The fourth-order valence-corrected chi connectivity index (χ4v) is 1.24. The molecule has 0 aromatic heterocycles. The summed E-state index contributed by atoms with van der Waals surface area (Å²) < 4.78 is 0. The first kappa shape index (κ1) is 6.60. The van der Waals surface area contributed by atoms with Gasteiger partial charge in [0.15, 0.2) is 0 Å². The molecule has 1 aliphatic rings. The van der Waals surface area contributed by atoms with Crippen molar-refractivity contribution >= 4 is 0 Å². The summed E-state index contributed by atoms with van der Waals surface area (Å²) in [4.78, 5) is 0. The molecule has 0 atom stereocenters. The molecule has 0 heterocycles. The van der Waals surface area contributed by atoms with Crippen molar-refractivity contribution in [2.45, 2.75) is 33.1 Å². The van der Waals surface area contributed by atoms with E-state index < -0.39 is 0 Å². The highest BCUT2D eigenvalue weighted by Crippen LogP contribution is 2.26. The van der Waals surface area contributed by atoms with Crippen molar-refractivity contribution in [2.24, 2.45) is 0 Å². The van der Waals surface area contributed by atoms with E-state index in [0.29, 0.717) is 0 Å². The van der Waals surface area contributed by atoms with Crippen LogP contribution in [0.5, 0.6) is 0 Å². The summed E-state index contributed by atoms with van der Waals surface area (Å²) in [6.45, 7) is 8.37. The molecule has 0 spiro atoms. The summed E-state index contributed by atoms with van der Waals surface area (Å²) in [5, 5.41) is 0. The van der Waals surface area contributed by atoms with Gasteiger partial charge < -0.3 is 0 Å². The second-order valence-corrected chi connectivity index (χ2v) is 2.86. The molecular formula is C9H14. The second kappa shape index (κ2) is 2.38. The van der Waals surface area contributed by atoms with Crippen molar-refractivity contribution in [1.29, 1.82) is 0 Å². The Morgan fingerprint density at radius 2 is 1.89 bits per heavy atom. The molecule has 0 nitrogen and oxygen atoms in total. The van der Waals surface area contributed by atoms with Crippen LogP contribution in [0.4, 0.5) is 0 Å². The Kier molecular flexibility index (Phi) is 1.75. The number of hydrogen-bond acceptors (Lipinski definition) is 0. The molecule has 0 aromatic rings. The Bertz CT molecular complexity index is 161. The molecule has 0 aliphatic heterocycles. The van der Waals surface area contributed by atoms with Crippen LogP contribution in [0.1, 0.15) is 33.1 Å². The third kappa shape index (κ3) is 1.24. The van der Waals surface area contributed by atoms with E-state index in [0.717, 1.165) is 0 Å². The first-order chi connectivity index (χ1) is 4.22. The Hall–Kier alpha value is -0.520. The Morgan fingerprint density at radius 1 is 1.22 bits per heavy atom. The predicted octanol–water partition coefficient (Wildman–Crippen LogP) is 3.06. The fraction of sp³-hybridized carbons (Fsp3) is 0.556. The Labute approximate surface area is 57.3 Å². The van der Waals surface area contributed by atoms with E-state index in [1.54, 1.807) is 0 Å². The summed E-state index contributed by atoms with van der Waals surface area (Å²) in [7, 11) is 0. The van der Waals surface area contributed by atoms with E-state index in [4.69, 9.17) is 0 Å². The highest BCUT2D eigenvalue weighted by Gasteiger charge is 2.07. The van der Waals surface area contributed by atoms with Gasteiger partial charge in [-0.15, -0.1) is 0 Å². The lowest BCUT2D eigenvalue weighted by molar-refractivity contribution is 0.765. The van der Waals surface area contributed by atoms with Crippen LogP contribution < -0.4 is 0 Å². The van der Waals surface area contributed by atoms with Gasteiger partial charge in [-0.3, -0.25) is 0 Å².